The molecule has 0 N–H and O–H groups in total. The van der Waals surface area contributed by atoms with Gasteiger partial charge in [-0.2, -0.15) is 4.98 Å². The van der Waals surface area contributed by atoms with E-state index >= 15 is 0 Å². The Morgan fingerprint density at radius 1 is 1.14 bits per heavy atom. The molecule has 0 atom stereocenters. The number of anilines is 1. The number of aromatic nitrogens is 3. The maximum absolute atomic E-state index is 5.37. The minimum atomic E-state index is 0.589. The molecule has 0 bridgehead atoms. The molecule has 0 aliphatic carbocycles. The van der Waals surface area contributed by atoms with E-state index in [2.05, 4.69) is 44.3 Å². The van der Waals surface area contributed by atoms with Gasteiger partial charge in [0.15, 0.2) is 0 Å². The second-order valence-electron chi connectivity index (χ2n) is 5.05. The van der Waals surface area contributed by atoms with Crippen LogP contribution >= 0.6 is 0 Å². The number of hydrogen-bond acceptors (Lipinski definition) is 5. The molecular weight excluding hydrogens is 264 g/mol. The van der Waals surface area contributed by atoms with E-state index in [1.54, 1.807) is 12.4 Å². The predicted molar refractivity (Wildman–Crippen MR) is 78.7 cm³/mol. The second-order valence-corrected chi connectivity index (χ2v) is 5.05. The first kappa shape index (κ1) is 12.1. The molecule has 0 saturated heterocycles. The normalized spacial score (nSPS) is 13.4. The molecule has 0 amide bonds. The van der Waals surface area contributed by atoms with E-state index in [9.17, 15) is 0 Å². The molecule has 5 nitrogen and oxygen atoms in total. The van der Waals surface area contributed by atoms with Crippen LogP contribution in [0.1, 0.15) is 11.5 Å². The Labute approximate surface area is 122 Å². The minimum Gasteiger partial charge on any atom is -0.362 e. The van der Waals surface area contributed by atoms with Gasteiger partial charge in [-0.3, -0.25) is 4.98 Å². The zero-order chi connectivity index (χ0) is 14.1. The smallest absolute Gasteiger partial charge is 0.246 e. The quantitative estimate of drug-likeness (QED) is 0.737. The molecule has 1 aliphatic heterocycles. The van der Waals surface area contributed by atoms with E-state index in [1.165, 1.54) is 11.3 Å². The van der Waals surface area contributed by atoms with E-state index in [-0.39, 0.29) is 0 Å². The van der Waals surface area contributed by atoms with Crippen molar-refractivity contribution in [2.75, 3.05) is 11.4 Å². The number of benzene rings is 1. The molecule has 0 unspecified atom stereocenters. The largest absolute Gasteiger partial charge is 0.362 e. The van der Waals surface area contributed by atoms with Gasteiger partial charge in [-0.15, -0.1) is 0 Å². The van der Waals surface area contributed by atoms with Crippen molar-refractivity contribution in [1.29, 1.82) is 0 Å². The highest BCUT2D eigenvalue weighted by Crippen LogP contribution is 2.28. The van der Waals surface area contributed by atoms with Crippen molar-refractivity contribution >= 4 is 5.69 Å². The average Bonchev–Trinajstić information content (AvgIpc) is 3.17. The Balaban J connectivity index is 1.56. The van der Waals surface area contributed by atoms with Crippen molar-refractivity contribution in [3.63, 3.8) is 0 Å². The van der Waals surface area contributed by atoms with Crippen LogP contribution in [0.15, 0.2) is 53.3 Å². The lowest BCUT2D eigenvalue weighted by atomic mass is 10.2. The highest BCUT2D eigenvalue weighted by atomic mass is 16.5. The number of hydrogen-bond donors (Lipinski definition) is 0. The Kier molecular flexibility index (Phi) is 2.88. The summed E-state index contributed by atoms with van der Waals surface area (Å²) >= 11 is 0. The third-order valence-electron chi connectivity index (χ3n) is 3.70. The fraction of sp³-hybridized carbons (Fsp3) is 0.188. The fourth-order valence-corrected chi connectivity index (χ4v) is 2.67. The van der Waals surface area contributed by atoms with Gasteiger partial charge in [0, 0.05) is 30.2 Å². The first-order valence-electron chi connectivity index (χ1n) is 6.96. The van der Waals surface area contributed by atoms with Crippen LogP contribution in [0.4, 0.5) is 5.69 Å². The summed E-state index contributed by atoms with van der Waals surface area (Å²) in [6.45, 7) is 1.63. The second kappa shape index (κ2) is 5.01. The maximum atomic E-state index is 5.37. The molecule has 5 heteroatoms. The molecule has 0 radical (unpaired) electrons. The van der Waals surface area contributed by atoms with Gasteiger partial charge < -0.3 is 9.42 Å². The molecule has 3 heterocycles. The van der Waals surface area contributed by atoms with Gasteiger partial charge in [-0.25, -0.2) is 0 Å². The Morgan fingerprint density at radius 3 is 3.00 bits per heavy atom. The van der Waals surface area contributed by atoms with Gasteiger partial charge in [0.05, 0.1) is 6.54 Å². The van der Waals surface area contributed by atoms with E-state index in [0.29, 0.717) is 18.3 Å². The standard InChI is InChI=1S/C16H14N4O/c1-2-6-14-12(4-1)7-9-20(14)11-15-18-16(19-21-15)13-5-3-8-17-10-13/h1-6,8,10H,7,9,11H2. The number of nitrogens with zero attached hydrogens (tertiary/aromatic N) is 4. The maximum Gasteiger partial charge on any atom is 0.246 e. The topological polar surface area (TPSA) is 55.1 Å². The summed E-state index contributed by atoms with van der Waals surface area (Å²) in [5, 5.41) is 4.03. The highest BCUT2D eigenvalue weighted by molar-refractivity contribution is 5.58. The molecule has 0 spiro atoms. The monoisotopic (exact) mass is 278 g/mol. The third-order valence-corrected chi connectivity index (χ3v) is 3.70. The molecule has 21 heavy (non-hydrogen) atoms. The van der Waals surface area contributed by atoms with E-state index < -0.39 is 0 Å². The number of rotatable bonds is 3. The molecule has 1 aliphatic rings. The summed E-state index contributed by atoms with van der Waals surface area (Å²) < 4.78 is 5.37. The Bertz CT molecular complexity index is 754. The summed E-state index contributed by atoms with van der Waals surface area (Å²) in [6, 6.07) is 12.2. The Hall–Kier alpha value is -2.69. The summed E-state index contributed by atoms with van der Waals surface area (Å²) in [7, 11) is 0. The van der Waals surface area contributed by atoms with Crippen LogP contribution < -0.4 is 4.90 Å². The van der Waals surface area contributed by atoms with Crippen LogP contribution in [0.3, 0.4) is 0 Å². The van der Waals surface area contributed by atoms with E-state index in [4.69, 9.17) is 4.52 Å². The van der Waals surface area contributed by atoms with Crippen molar-refractivity contribution in [3.05, 3.63) is 60.2 Å². The molecule has 4 rings (SSSR count). The molecule has 3 aromatic rings. The average molecular weight is 278 g/mol. The van der Waals surface area contributed by atoms with Crippen LogP contribution in [-0.2, 0) is 13.0 Å². The lowest BCUT2D eigenvalue weighted by Gasteiger charge is -2.16. The van der Waals surface area contributed by atoms with Gasteiger partial charge in [-0.1, -0.05) is 23.4 Å². The summed E-state index contributed by atoms with van der Waals surface area (Å²) in [4.78, 5) is 10.8. The minimum absolute atomic E-state index is 0.589. The van der Waals surface area contributed by atoms with Crippen LogP contribution in [0.5, 0.6) is 0 Å². The fourth-order valence-electron chi connectivity index (χ4n) is 2.67. The number of para-hydroxylation sites is 1. The lowest BCUT2D eigenvalue weighted by Crippen LogP contribution is -2.19. The number of pyridine rings is 1. The van der Waals surface area contributed by atoms with Gasteiger partial charge in [0.1, 0.15) is 0 Å². The number of fused-ring (bicyclic) bond motifs is 1. The van der Waals surface area contributed by atoms with Crippen LogP contribution in [0, 0.1) is 0 Å². The SMILES string of the molecule is c1cncc(-c2noc(CN3CCc4ccccc43)n2)c1. The first-order chi connectivity index (χ1) is 10.4. The van der Waals surface area contributed by atoms with E-state index in [0.717, 1.165) is 18.5 Å². The van der Waals surface area contributed by atoms with Crippen molar-refractivity contribution in [1.82, 2.24) is 15.1 Å². The van der Waals surface area contributed by atoms with Crippen molar-refractivity contribution in [2.45, 2.75) is 13.0 Å². The predicted octanol–water partition coefficient (Wildman–Crippen LogP) is 2.69. The summed E-state index contributed by atoms with van der Waals surface area (Å²) in [6.07, 6.45) is 4.53. The van der Waals surface area contributed by atoms with Crippen molar-refractivity contribution < 1.29 is 4.52 Å². The van der Waals surface area contributed by atoms with Crippen molar-refractivity contribution in [3.8, 4) is 11.4 Å². The summed E-state index contributed by atoms with van der Waals surface area (Å²) in [5.41, 5.74) is 3.51. The van der Waals surface area contributed by atoms with Gasteiger partial charge in [-0.05, 0) is 30.2 Å². The molecule has 104 valence electrons. The zero-order valence-corrected chi connectivity index (χ0v) is 11.4. The third kappa shape index (κ3) is 2.27. The first-order valence-corrected chi connectivity index (χ1v) is 6.96. The summed E-state index contributed by atoms with van der Waals surface area (Å²) in [5.74, 6) is 1.22. The molecular formula is C16H14N4O. The van der Waals surface area contributed by atoms with Crippen molar-refractivity contribution in [2.24, 2.45) is 0 Å². The molecule has 0 fully saturated rings. The van der Waals surface area contributed by atoms with Crippen LogP contribution in [0.25, 0.3) is 11.4 Å². The van der Waals surface area contributed by atoms with Crippen LogP contribution in [0.2, 0.25) is 0 Å². The molecule has 2 aromatic heterocycles. The Morgan fingerprint density at radius 2 is 2.10 bits per heavy atom. The zero-order valence-electron chi connectivity index (χ0n) is 11.4. The molecule has 0 saturated carbocycles. The van der Waals surface area contributed by atoms with E-state index in [1.807, 2.05) is 12.1 Å². The molecule has 1 aromatic carbocycles. The van der Waals surface area contributed by atoms with Gasteiger partial charge >= 0.3 is 0 Å². The van der Waals surface area contributed by atoms with Gasteiger partial charge in [0.2, 0.25) is 11.7 Å². The highest BCUT2D eigenvalue weighted by Gasteiger charge is 2.20. The van der Waals surface area contributed by atoms with Crippen LogP contribution in [-0.4, -0.2) is 21.7 Å². The van der Waals surface area contributed by atoms with Gasteiger partial charge in [0.25, 0.3) is 0 Å². The lowest BCUT2D eigenvalue weighted by molar-refractivity contribution is 0.377.